The van der Waals surface area contributed by atoms with Crippen LogP contribution in [0.3, 0.4) is 0 Å². The quantitative estimate of drug-likeness (QED) is 0.496. The molecule has 0 radical (unpaired) electrons. The van der Waals surface area contributed by atoms with E-state index in [1.54, 1.807) is 24.9 Å². The fraction of sp³-hybridized carbons (Fsp3) is 0.316. The molecule has 0 saturated heterocycles. The average Bonchev–Trinajstić information content (AvgIpc) is 3.32. The van der Waals surface area contributed by atoms with Crippen LogP contribution in [0.25, 0.3) is 16.0 Å². The van der Waals surface area contributed by atoms with Gasteiger partial charge in [-0.1, -0.05) is 6.07 Å². The highest BCUT2D eigenvalue weighted by molar-refractivity contribution is 7.17. The lowest BCUT2D eigenvalue weighted by Crippen LogP contribution is -2.26. The monoisotopic (exact) mass is 400 g/mol. The Morgan fingerprint density at radius 1 is 1.11 bits per heavy atom. The second kappa shape index (κ2) is 7.16. The number of aromatic nitrogens is 4. The van der Waals surface area contributed by atoms with Crippen molar-refractivity contribution in [1.82, 2.24) is 18.7 Å². The fourth-order valence-corrected chi connectivity index (χ4v) is 4.14. The fourth-order valence-electron chi connectivity index (χ4n) is 3.32. The van der Waals surface area contributed by atoms with Gasteiger partial charge in [-0.3, -0.25) is 9.36 Å². The maximum absolute atomic E-state index is 13.0. The summed E-state index contributed by atoms with van der Waals surface area (Å²) < 4.78 is 15.6. The zero-order valence-corrected chi connectivity index (χ0v) is 16.7. The summed E-state index contributed by atoms with van der Waals surface area (Å²) in [4.78, 5) is 25.7. The molecule has 0 atom stereocenters. The smallest absolute Gasteiger partial charge is 0.352 e. The van der Waals surface area contributed by atoms with Crippen molar-refractivity contribution >= 4 is 27.3 Å². The first kappa shape index (κ1) is 18.3. The molecule has 0 unspecified atom stereocenters. The lowest BCUT2D eigenvalue weighted by atomic mass is 10.1. The van der Waals surface area contributed by atoms with E-state index in [-0.39, 0.29) is 11.2 Å². The number of rotatable bonds is 6. The van der Waals surface area contributed by atoms with E-state index in [2.05, 4.69) is 5.10 Å². The maximum Gasteiger partial charge on any atom is 0.352 e. The van der Waals surface area contributed by atoms with Crippen LogP contribution in [-0.4, -0.2) is 33.0 Å². The van der Waals surface area contributed by atoms with Gasteiger partial charge in [0.2, 0.25) is 5.78 Å². The molecular weight excluding hydrogens is 380 g/mol. The molecule has 1 aromatic carbocycles. The minimum Gasteiger partial charge on any atom is -0.493 e. The second-order valence-corrected chi connectivity index (χ2v) is 7.18. The molecule has 0 spiro atoms. The third-order valence-electron chi connectivity index (χ3n) is 4.76. The minimum absolute atomic E-state index is 0.133. The van der Waals surface area contributed by atoms with Crippen LogP contribution in [0.1, 0.15) is 12.5 Å². The molecular formula is C19H20N4O4S. The summed E-state index contributed by atoms with van der Waals surface area (Å²) in [5.74, 6) is 1.65. The van der Waals surface area contributed by atoms with E-state index >= 15 is 0 Å². The van der Waals surface area contributed by atoms with Gasteiger partial charge in [0.1, 0.15) is 4.70 Å². The van der Waals surface area contributed by atoms with Crippen LogP contribution in [-0.2, 0) is 19.5 Å². The Labute approximate surface area is 164 Å². The molecule has 0 N–H and O–H groups in total. The highest BCUT2D eigenvalue weighted by Crippen LogP contribution is 2.28. The Bertz CT molecular complexity index is 1280. The van der Waals surface area contributed by atoms with Gasteiger partial charge in [-0.25, -0.2) is 13.9 Å². The third-order valence-corrected chi connectivity index (χ3v) is 5.65. The predicted molar refractivity (Wildman–Crippen MR) is 108 cm³/mol. The molecule has 8 nitrogen and oxygen atoms in total. The van der Waals surface area contributed by atoms with Crippen LogP contribution in [0, 0.1) is 0 Å². The first-order chi connectivity index (χ1) is 13.6. The van der Waals surface area contributed by atoms with Gasteiger partial charge in [0, 0.05) is 13.1 Å². The van der Waals surface area contributed by atoms with E-state index in [4.69, 9.17) is 9.47 Å². The standard InChI is InChI=1S/C19H20N4O4S/c1-4-22-19(25)23-13-8-10-28-16(13)17(24)21(18(23)20-22)9-7-12-5-6-14(26-2)15(11-12)27-3/h5-6,8,10-11H,4,7,9H2,1-3H3. The SMILES string of the molecule is CCn1nc2n(CCc3ccc(OC)c(OC)c3)c(=O)c3sccc3n2c1=O. The summed E-state index contributed by atoms with van der Waals surface area (Å²) in [7, 11) is 3.18. The van der Waals surface area contributed by atoms with Gasteiger partial charge in [0.25, 0.3) is 5.56 Å². The van der Waals surface area contributed by atoms with E-state index < -0.39 is 0 Å². The van der Waals surface area contributed by atoms with Gasteiger partial charge in [0.05, 0.1) is 19.7 Å². The summed E-state index contributed by atoms with van der Waals surface area (Å²) >= 11 is 1.33. The molecule has 0 saturated carbocycles. The van der Waals surface area contributed by atoms with E-state index in [1.165, 1.54) is 20.4 Å². The van der Waals surface area contributed by atoms with Crippen LogP contribution < -0.4 is 20.7 Å². The van der Waals surface area contributed by atoms with Crippen molar-refractivity contribution in [2.45, 2.75) is 26.4 Å². The van der Waals surface area contributed by atoms with Crippen LogP contribution in [0.5, 0.6) is 11.5 Å². The van der Waals surface area contributed by atoms with Gasteiger partial charge in [-0.2, -0.15) is 0 Å². The normalized spacial score (nSPS) is 11.4. The zero-order chi connectivity index (χ0) is 19.8. The molecule has 4 rings (SSSR count). The van der Waals surface area contributed by atoms with Crippen molar-refractivity contribution in [2.75, 3.05) is 14.2 Å². The second-order valence-electron chi connectivity index (χ2n) is 6.26. The summed E-state index contributed by atoms with van der Waals surface area (Å²) in [6, 6.07) is 7.45. The van der Waals surface area contributed by atoms with Crippen molar-refractivity contribution < 1.29 is 9.47 Å². The number of fused-ring (bicyclic) bond motifs is 3. The Morgan fingerprint density at radius 3 is 2.61 bits per heavy atom. The Morgan fingerprint density at radius 2 is 1.89 bits per heavy atom. The van der Waals surface area contributed by atoms with Crippen LogP contribution in [0.2, 0.25) is 0 Å². The zero-order valence-electron chi connectivity index (χ0n) is 15.8. The Balaban J connectivity index is 1.81. The molecule has 3 heterocycles. The predicted octanol–water partition coefficient (Wildman–Crippen LogP) is 2.15. The molecule has 0 amide bonds. The highest BCUT2D eigenvalue weighted by atomic mass is 32.1. The lowest BCUT2D eigenvalue weighted by molar-refractivity contribution is 0.354. The van der Waals surface area contributed by atoms with Crippen LogP contribution in [0.4, 0.5) is 0 Å². The van der Waals surface area contributed by atoms with E-state index in [0.717, 1.165) is 5.56 Å². The number of benzene rings is 1. The molecule has 3 aromatic heterocycles. The number of thiophene rings is 1. The van der Waals surface area contributed by atoms with E-state index in [0.29, 0.717) is 47.0 Å². The van der Waals surface area contributed by atoms with Crippen LogP contribution in [0.15, 0.2) is 39.2 Å². The number of ether oxygens (including phenoxy) is 2. The Hall–Kier alpha value is -3.07. The van der Waals surface area contributed by atoms with E-state index in [1.807, 2.05) is 30.5 Å². The number of hydrogen-bond donors (Lipinski definition) is 0. The average molecular weight is 400 g/mol. The molecule has 0 aliphatic carbocycles. The largest absolute Gasteiger partial charge is 0.493 e. The summed E-state index contributed by atoms with van der Waals surface area (Å²) in [6.45, 7) is 2.69. The van der Waals surface area contributed by atoms with Gasteiger partial charge in [0.15, 0.2) is 11.5 Å². The van der Waals surface area contributed by atoms with Gasteiger partial charge < -0.3 is 9.47 Å². The Kier molecular flexibility index (Phi) is 4.68. The number of aryl methyl sites for hydroxylation is 3. The van der Waals surface area contributed by atoms with Gasteiger partial charge in [-0.05, 0) is 42.5 Å². The van der Waals surface area contributed by atoms with Crippen molar-refractivity contribution in [1.29, 1.82) is 0 Å². The summed E-state index contributed by atoms with van der Waals surface area (Å²) in [5, 5.41) is 6.20. The first-order valence-corrected chi connectivity index (χ1v) is 9.77. The molecule has 0 aliphatic rings. The molecule has 0 fully saturated rings. The van der Waals surface area contributed by atoms with Crippen molar-refractivity contribution in [3.8, 4) is 11.5 Å². The lowest BCUT2D eigenvalue weighted by Gasteiger charge is -2.11. The van der Waals surface area contributed by atoms with E-state index in [9.17, 15) is 9.59 Å². The topological polar surface area (TPSA) is 79.8 Å². The van der Waals surface area contributed by atoms with Crippen LogP contribution >= 0.6 is 11.3 Å². The van der Waals surface area contributed by atoms with Gasteiger partial charge >= 0.3 is 5.69 Å². The molecule has 9 heteroatoms. The van der Waals surface area contributed by atoms with Crippen molar-refractivity contribution in [3.05, 3.63) is 56.0 Å². The summed E-state index contributed by atoms with van der Waals surface area (Å²) in [5.41, 5.74) is 1.23. The molecule has 0 aliphatic heterocycles. The highest BCUT2D eigenvalue weighted by Gasteiger charge is 2.17. The molecule has 0 bridgehead atoms. The third kappa shape index (κ3) is 2.78. The minimum atomic E-state index is -0.235. The number of methoxy groups -OCH3 is 2. The summed E-state index contributed by atoms with van der Waals surface area (Å²) in [6.07, 6.45) is 0.583. The van der Waals surface area contributed by atoms with Crippen molar-refractivity contribution in [2.24, 2.45) is 0 Å². The first-order valence-electron chi connectivity index (χ1n) is 8.89. The maximum atomic E-state index is 13.0. The molecule has 28 heavy (non-hydrogen) atoms. The number of hydrogen-bond acceptors (Lipinski definition) is 6. The number of nitrogens with zero attached hydrogens (tertiary/aromatic N) is 4. The van der Waals surface area contributed by atoms with Gasteiger partial charge in [-0.15, -0.1) is 16.4 Å². The van der Waals surface area contributed by atoms with Crippen molar-refractivity contribution in [3.63, 3.8) is 0 Å². The molecule has 4 aromatic rings. The molecule has 146 valence electrons.